The first kappa shape index (κ1) is 25.8. The number of carbonyl (C=O) groups is 3. The molecule has 1 spiro atoms. The van der Waals surface area contributed by atoms with Crippen molar-refractivity contribution < 1.29 is 24.6 Å². The molecule has 4 N–H and O–H groups in total. The highest BCUT2D eigenvalue weighted by molar-refractivity contribution is 6.11. The molecule has 3 aliphatic carbocycles. The van der Waals surface area contributed by atoms with E-state index in [2.05, 4.69) is 10.3 Å². The highest BCUT2D eigenvalue weighted by atomic mass is 16.3. The zero-order chi connectivity index (χ0) is 27.8. The lowest BCUT2D eigenvalue weighted by Gasteiger charge is -2.47. The zero-order valence-corrected chi connectivity index (χ0v) is 22.8. The van der Waals surface area contributed by atoms with Crippen molar-refractivity contribution in [1.29, 1.82) is 0 Å². The third-order valence-corrected chi connectivity index (χ3v) is 10.3. The van der Waals surface area contributed by atoms with Crippen molar-refractivity contribution >= 4 is 28.4 Å². The number of allylic oxidation sites excluding steroid dienone is 3. The van der Waals surface area contributed by atoms with Crippen LogP contribution in [-0.4, -0.2) is 44.8 Å². The zero-order valence-electron chi connectivity index (χ0n) is 22.8. The van der Waals surface area contributed by atoms with Crippen LogP contribution in [0.2, 0.25) is 0 Å². The number of fused-ring (bicyclic) bond motifs is 2. The fourth-order valence-electron chi connectivity index (χ4n) is 8.27. The van der Waals surface area contributed by atoms with Gasteiger partial charge in [-0.05, 0) is 68.2 Å². The molecule has 2 aromatic rings. The number of aliphatic hydroxyl groups excluding tert-OH is 2. The van der Waals surface area contributed by atoms with Crippen LogP contribution in [-0.2, 0) is 20.8 Å². The monoisotopic (exact) mass is 528 g/mol. The Bertz CT molecular complexity index is 1490. The molecule has 1 aliphatic heterocycles. The molecule has 1 saturated heterocycles. The van der Waals surface area contributed by atoms with Crippen LogP contribution in [0.4, 0.5) is 0 Å². The minimum absolute atomic E-state index is 0.0173. The molecule has 1 aromatic heterocycles. The normalized spacial score (nSPS) is 37.6. The number of hydrogen-bond acceptors (Lipinski definition) is 5. The molecule has 8 atom stereocenters. The molecule has 7 nitrogen and oxygen atoms in total. The number of amides is 1. The van der Waals surface area contributed by atoms with Crippen molar-refractivity contribution in [3.8, 4) is 0 Å². The van der Waals surface area contributed by atoms with E-state index in [0.29, 0.717) is 18.4 Å². The van der Waals surface area contributed by atoms with Gasteiger partial charge in [-0.3, -0.25) is 14.4 Å². The molecule has 0 saturated carbocycles. The quantitative estimate of drug-likeness (QED) is 0.342. The number of hydrogen-bond donors (Lipinski definition) is 4. The first-order valence-corrected chi connectivity index (χ1v) is 13.9. The molecule has 4 aliphatic rings. The van der Waals surface area contributed by atoms with E-state index in [1.165, 1.54) is 0 Å². The Morgan fingerprint density at radius 2 is 1.79 bits per heavy atom. The van der Waals surface area contributed by atoms with Crippen LogP contribution in [0.15, 0.2) is 65.1 Å². The molecule has 2 heterocycles. The summed E-state index contributed by atoms with van der Waals surface area (Å²) < 4.78 is 0. The van der Waals surface area contributed by atoms with Gasteiger partial charge in [-0.2, -0.15) is 0 Å². The van der Waals surface area contributed by atoms with Gasteiger partial charge in [0.2, 0.25) is 11.7 Å². The number of H-pyrrole nitrogens is 1. The summed E-state index contributed by atoms with van der Waals surface area (Å²) in [7, 11) is 0. The maximum Gasteiger partial charge on any atom is 0.235 e. The lowest BCUT2D eigenvalue weighted by Crippen LogP contribution is -2.56. The van der Waals surface area contributed by atoms with E-state index in [-0.39, 0.29) is 41.7 Å². The van der Waals surface area contributed by atoms with Crippen LogP contribution in [0.1, 0.15) is 46.1 Å². The maximum atomic E-state index is 14.6. The standard InChI is InChI=1S/C32H36N2O5/c1-15-8-7-10-22-28(36)17(3)16(2)27-24(12-19-14-33-23-11-6-5-9-20(19)23)34-31(39)32(22,27)25(35)13-21-26(15)18(4)29(37)30(21)38/h5-7,9-11,14-15,21-22,24,26-28,33,36-37H,8,12-13H2,1-4H3,(H,34,39)/b10-7-/t15-,21+,22-,24-,26-,27-,28+,32+/m0/s1. The van der Waals surface area contributed by atoms with Crippen molar-refractivity contribution in [1.82, 2.24) is 10.3 Å². The topological polar surface area (TPSA) is 119 Å². The first-order valence-electron chi connectivity index (χ1n) is 13.9. The molecule has 0 bridgehead atoms. The van der Waals surface area contributed by atoms with Crippen LogP contribution in [0, 0.1) is 35.0 Å². The van der Waals surface area contributed by atoms with Gasteiger partial charge in [0.15, 0.2) is 11.5 Å². The largest absolute Gasteiger partial charge is 0.504 e. The van der Waals surface area contributed by atoms with E-state index in [9.17, 15) is 24.6 Å². The average Bonchev–Trinajstić information content (AvgIpc) is 3.52. The summed E-state index contributed by atoms with van der Waals surface area (Å²) in [5, 5.41) is 26.3. The van der Waals surface area contributed by atoms with Gasteiger partial charge in [0.1, 0.15) is 5.41 Å². The molecular formula is C32H36N2O5. The molecule has 0 radical (unpaired) electrons. The molecule has 0 unspecified atom stereocenters. The fraction of sp³-hybridized carbons (Fsp3) is 0.469. The Labute approximate surface area is 228 Å². The summed E-state index contributed by atoms with van der Waals surface area (Å²) in [5.74, 6) is -3.55. The van der Waals surface area contributed by atoms with Crippen LogP contribution in [0.3, 0.4) is 0 Å². The van der Waals surface area contributed by atoms with E-state index in [1.54, 1.807) is 6.92 Å². The van der Waals surface area contributed by atoms with Gasteiger partial charge in [0.25, 0.3) is 0 Å². The molecule has 39 heavy (non-hydrogen) atoms. The minimum atomic E-state index is -1.53. The third-order valence-electron chi connectivity index (χ3n) is 10.3. The SMILES string of the molecule is CC1=C(O)C(=O)[C@@H]2CC(=O)[C@@]34C(=O)N[C@@H](Cc5c[nH]c6ccccc56)[C@@H]3C(C)=C(C)[C@@H](O)[C@@H]4/C=C\C[C@H](C)[C@@H]12. The molecule has 7 heteroatoms. The van der Waals surface area contributed by atoms with Gasteiger partial charge in [-0.1, -0.05) is 42.8 Å². The van der Waals surface area contributed by atoms with Crippen LogP contribution >= 0.6 is 0 Å². The van der Waals surface area contributed by atoms with Crippen LogP contribution in [0.5, 0.6) is 0 Å². The highest BCUT2D eigenvalue weighted by Gasteiger charge is 2.67. The number of para-hydroxylation sites is 1. The van der Waals surface area contributed by atoms with Gasteiger partial charge in [0.05, 0.1) is 6.10 Å². The minimum Gasteiger partial charge on any atom is -0.504 e. The van der Waals surface area contributed by atoms with Gasteiger partial charge >= 0.3 is 0 Å². The third kappa shape index (κ3) is 3.48. The number of ketones is 2. The summed E-state index contributed by atoms with van der Waals surface area (Å²) in [5.41, 5.74) is 2.77. The predicted octanol–water partition coefficient (Wildman–Crippen LogP) is 4.34. The van der Waals surface area contributed by atoms with Crippen molar-refractivity contribution in [2.24, 2.45) is 35.0 Å². The smallest absolute Gasteiger partial charge is 0.235 e. The number of aromatic amines is 1. The van der Waals surface area contributed by atoms with Crippen molar-refractivity contribution in [2.75, 3.05) is 0 Å². The number of Topliss-reactive ketones (excluding diaryl/α,β-unsaturated/α-hetero) is 2. The van der Waals surface area contributed by atoms with Gasteiger partial charge < -0.3 is 20.5 Å². The second-order valence-corrected chi connectivity index (χ2v) is 12.1. The Morgan fingerprint density at radius 3 is 2.56 bits per heavy atom. The molecule has 1 aromatic carbocycles. The van der Waals surface area contributed by atoms with Gasteiger partial charge in [-0.15, -0.1) is 0 Å². The number of nitrogens with one attached hydrogen (secondary N) is 2. The van der Waals surface area contributed by atoms with Crippen molar-refractivity contribution in [3.05, 3.63) is 70.7 Å². The summed E-state index contributed by atoms with van der Waals surface area (Å²) in [6.45, 7) is 7.59. The molecular weight excluding hydrogens is 492 g/mol. The predicted molar refractivity (Wildman–Crippen MR) is 148 cm³/mol. The lowest BCUT2D eigenvalue weighted by molar-refractivity contribution is -0.149. The van der Waals surface area contributed by atoms with Crippen molar-refractivity contribution in [3.63, 3.8) is 0 Å². The Kier molecular flexibility index (Phi) is 5.99. The van der Waals surface area contributed by atoms with Gasteiger partial charge in [0, 0.05) is 47.3 Å². The van der Waals surface area contributed by atoms with E-state index in [4.69, 9.17) is 0 Å². The number of rotatable bonds is 2. The van der Waals surface area contributed by atoms with E-state index in [0.717, 1.165) is 27.6 Å². The van der Waals surface area contributed by atoms with Crippen molar-refractivity contribution in [2.45, 2.75) is 59.1 Å². The van der Waals surface area contributed by atoms with E-state index >= 15 is 0 Å². The second-order valence-electron chi connectivity index (χ2n) is 12.1. The summed E-state index contributed by atoms with van der Waals surface area (Å²) in [4.78, 5) is 45.2. The Balaban J connectivity index is 1.48. The van der Waals surface area contributed by atoms with E-state index in [1.807, 2.05) is 63.4 Å². The fourth-order valence-corrected chi connectivity index (χ4v) is 8.27. The van der Waals surface area contributed by atoms with Crippen LogP contribution < -0.4 is 5.32 Å². The molecule has 204 valence electrons. The molecule has 1 amide bonds. The summed E-state index contributed by atoms with van der Waals surface area (Å²) in [6.07, 6.45) is 5.79. The van der Waals surface area contributed by atoms with Crippen LogP contribution in [0.25, 0.3) is 10.9 Å². The second kappa shape index (κ2) is 9.05. The first-order chi connectivity index (χ1) is 18.6. The number of aromatic nitrogens is 1. The number of carbonyl (C=O) groups excluding carboxylic acids is 3. The molecule has 1 fully saturated rings. The Hall–Kier alpha value is -3.45. The average molecular weight is 529 g/mol. The van der Waals surface area contributed by atoms with Gasteiger partial charge in [-0.25, -0.2) is 0 Å². The number of aliphatic hydroxyl groups is 2. The summed E-state index contributed by atoms with van der Waals surface area (Å²) >= 11 is 0. The molecule has 6 rings (SSSR count). The van der Waals surface area contributed by atoms with E-state index < -0.39 is 35.1 Å². The maximum absolute atomic E-state index is 14.6. The highest BCUT2D eigenvalue weighted by Crippen LogP contribution is 2.56. The lowest BCUT2D eigenvalue weighted by atomic mass is 9.53. The Morgan fingerprint density at radius 1 is 1.05 bits per heavy atom. The summed E-state index contributed by atoms with van der Waals surface area (Å²) in [6, 6.07) is 7.64. The number of benzene rings is 1.